The predicted octanol–water partition coefficient (Wildman–Crippen LogP) is 2.42. The van der Waals surface area contributed by atoms with Crippen molar-refractivity contribution in [2.24, 2.45) is 0 Å². The summed E-state index contributed by atoms with van der Waals surface area (Å²) in [7, 11) is 0. The molecule has 1 N–H and O–H groups in total. The van der Waals surface area contributed by atoms with Crippen LogP contribution >= 0.6 is 11.8 Å². The Labute approximate surface area is 166 Å². The van der Waals surface area contributed by atoms with Gasteiger partial charge in [-0.15, -0.1) is 5.10 Å². The number of hydrogen-bond donors (Lipinski definition) is 1. The standard InChI is InChI=1S/C19H19N5O3S/c1-13(15-7-8-16-17(9-15)27-12-26-16)20-18(25)11-28-19-21-22-23-24(19)10-14-5-3-2-4-6-14/h2-9,13H,10-12H2,1H3,(H,20,25). The fourth-order valence-corrected chi connectivity index (χ4v) is 3.52. The molecule has 0 saturated carbocycles. The summed E-state index contributed by atoms with van der Waals surface area (Å²) in [5, 5.41) is 15.3. The fourth-order valence-electron chi connectivity index (χ4n) is 2.83. The van der Waals surface area contributed by atoms with E-state index < -0.39 is 0 Å². The molecule has 1 aromatic heterocycles. The zero-order chi connectivity index (χ0) is 19.3. The van der Waals surface area contributed by atoms with Gasteiger partial charge in [0, 0.05) is 0 Å². The normalized spacial score (nSPS) is 13.3. The van der Waals surface area contributed by atoms with Crippen LogP contribution in [0.3, 0.4) is 0 Å². The Balaban J connectivity index is 1.32. The number of rotatable bonds is 7. The fraction of sp³-hybridized carbons (Fsp3) is 0.263. The van der Waals surface area contributed by atoms with Crippen LogP contribution in [-0.4, -0.2) is 38.7 Å². The van der Waals surface area contributed by atoms with E-state index in [4.69, 9.17) is 9.47 Å². The van der Waals surface area contributed by atoms with Crippen LogP contribution in [0.1, 0.15) is 24.1 Å². The molecule has 0 fully saturated rings. The van der Waals surface area contributed by atoms with E-state index in [1.54, 1.807) is 4.68 Å². The topological polar surface area (TPSA) is 91.2 Å². The number of carbonyl (C=O) groups excluding carboxylic acids is 1. The van der Waals surface area contributed by atoms with Crippen molar-refractivity contribution in [1.82, 2.24) is 25.5 Å². The number of fused-ring (bicyclic) bond motifs is 1. The molecule has 1 aliphatic rings. The summed E-state index contributed by atoms with van der Waals surface area (Å²) in [4.78, 5) is 12.4. The Kier molecular flexibility index (Phi) is 5.43. The molecule has 1 aliphatic heterocycles. The monoisotopic (exact) mass is 397 g/mol. The van der Waals surface area contributed by atoms with Crippen LogP contribution in [0, 0.1) is 0 Å². The maximum absolute atomic E-state index is 12.4. The third-order valence-electron chi connectivity index (χ3n) is 4.28. The Bertz CT molecular complexity index is 963. The molecule has 4 rings (SSSR count). The lowest BCUT2D eigenvalue weighted by atomic mass is 10.1. The number of amides is 1. The summed E-state index contributed by atoms with van der Waals surface area (Å²) in [6, 6.07) is 15.4. The van der Waals surface area contributed by atoms with Gasteiger partial charge in [0.25, 0.3) is 0 Å². The van der Waals surface area contributed by atoms with E-state index in [0.717, 1.165) is 16.9 Å². The van der Waals surface area contributed by atoms with Crippen molar-refractivity contribution in [3.8, 4) is 11.5 Å². The molecule has 0 radical (unpaired) electrons. The van der Waals surface area contributed by atoms with E-state index in [9.17, 15) is 4.79 Å². The summed E-state index contributed by atoms with van der Waals surface area (Å²) in [6.45, 7) is 2.72. The second kappa shape index (κ2) is 8.30. The number of ether oxygens (including phenoxy) is 2. The minimum atomic E-state index is -0.150. The summed E-state index contributed by atoms with van der Waals surface area (Å²) < 4.78 is 12.4. The summed E-state index contributed by atoms with van der Waals surface area (Å²) in [5.41, 5.74) is 2.05. The van der Waals surface area contributed by atoms with E-state index in [1.807, 2.05) is 55.5 Å². The van der Waals surface area contributed by atoms with Gasteiger partial charge in [0.1, 0.15) is 0 Å². The average Bonchev–Trinajstić information content (AvgIpc) is 3.35. The van der Waals surface area contributed by atoms with E-state index in [-0.39, 0.29) is 24.5 Å². The highest BCUT2D eigenvalue weighted by Crippen LogP contribution is 2.34. The molecule has 2 heterocycles. The highest BCUT2D eigenvalue weighted by molar-refractivity contribution is 7.99. The molecule has 8 nitrogen and oxygen atoms in total. The SMILES string of the molecule is CC(NC(=O)CSc1nnnn1Cc1ccccc1)c1ccc2c(c1)OCO2. The molecule has 3 aromatic rings. The van der Waals surface area contributed by atoms with Crippen LogP contribution in [0.4, 0.5) is 0 Å². The lowest BCUT2D eigenvalue weighted by Gasteiger charge is -2.14. The maximum atomic E-state index is 12.4. The highest BCUT2D eigenvalue weighted by atomic mass is 32.2. The number of nitrogens with zero attached hydrogens (tertiary/aromatic N) is 4. The van der Waals surface area contributed by atoms with Crippen LogP contribution in [0.25, 0.3) is 0 Å². The molecule has 9 heteroatoms. The first kappa shape index (κ1) is 18.3. The van der Waals surface area contributed by atoms with Gasteiger partial charge in [-0.05, 0) is 40.6 Å². The first-order valence-corrected chi connectivity index (χ1v) is 9.79. The zero-order valence-electron chi connectivity index (χ0n) is 15.2. The Morgan fingerprint density at radius 1 is 1.21 bits per heavy atom. The van der Waals surface area contributed by atoms with Gasteiger partial charge in [-0.25, -0.2) is 4.68 Å². The molecule has 1 unspecified atom stereocenters. The molecule has 0 saturated heterocycles. The van der Waals surface area contributed by atoms with Crippen molar-refractivity contribution >= 4 is 17.7 Å². The van der Waals surface area contributed by atoms with Crippen molar-refractivity contribution in [2.75, 3.05) is 12.5 Å². The number of benzene rings is 2. The Hall–Kier alpha value is -3.07. The zero-order valence-corrected chi connectivity index (χ0v) is 16.1. The van der Waals surface area contributed by atoms with Gasteiger partial charge in [0.05, 0.1) is 18.3 Å². The van der Waals surface area contributed by atoms with E-state index in [2.05, 4.69) is 20.8 Å². The number of carbonyl (C=O) groups is 1. The first-order valence-electron chi connectivity index (χ1n) is 8.81. The van der Waals surface area contributed by atoms with Crippen LogP contribution in [0.5, 0.6) is 11.5 Å². The van der Waals surface area contributed by atoms with Gasteiger partial charge >= 0.3 is 0 Å². The van der Waals surface area contributed by atoms with Gasteiger partial charge in [-0.2, -0.15) is 0 Å². The van der Waals surface area contributed by atoms with Gasteiger partial charge < -0.3 is 14.8 Å². The Morgan fingerprint density at radius 3 is 2.89 bits per heavy atom. The minimum Gasteiger partial charge on any atom is -0.454 e. The first-order chi connectivity index (χ1) is 13.7. The number of thioether (sulfide) groups is 1. The lowest BCUT2D eigenvalue weighted by molar-refractivity contribution is -0.119. The summed E-state index contributed by atoms with van der Waals surface area (Å²) in [5.74, 6) is 1.56. The highest BCUT2D eigenvalue weighted by Gasteiger charge is 2.17. The van der Waals surface area contributed by atoms with E-state index >= 15 is 0 Å². The lowest BCUT2D eigenvalue weighted by Crippen LogP contribution is -2.28. The van der Waals surface area contributed by atoms with Gasteiger partial charge in [0.15, 0.2) is 11.5 Å². The molecule has 28 heavy (non-hydrogen) atoms. The van der Waals surface area contributed by atoms with Crippen molar-refractivity contribution in [2.45, 2.75) is 24.7 Å². The van der Waals surface area contributed by atoms with Gasteiger partial charge in [0.2, 0.25) is 17.9 Å². The number of aromatic nitrogens is 4. The molecule has 144 valence electrons. The van der Waals surface area contributed by atoms with E-state index in [0.29, 0.717) is 17.5 Å². The number of hydrogen-bond acceptors (Lipinski definition) is 7. The van der Waals surface area contributed by atoms with Gasteiger partial charge in [-0.1, -0.05) is 48.2 Å². The van der Waals surface area contributed by atoms with Crippen LogP contribution in [-0.2, 0) is 11.3 Å². The molecular weight excluding hydrogens is 378 g/mol. The van der Waals surface area contributed by atoms with E-state index in [1.165, 1.54) is 11.8 Å². The smallest absolute Gasteiger partial charge is 0.231 e. The van der Waals surface area contributed by atoms with Crippen LogP contribution < -0.4 is 14.8 Å². The quantitative estimate of drug-likeness (QED) is 0.612. The third-order valence-corrected chi connectivity index (χ3v) is 5.24. The molecule has 1 amide bonds. The average molecular weight is 397 g/mol. The van der Waals surface area contributed by atoms with Crippen molar-refractivity contribution in [3.05, 3.63) is 59.7 Å². The maximum Gasteiger partial charge on any atom is 0.231 e. The second-order valence-electron chi connectivity index (χ2n) is 6.30. The third kappa shape index (κ3) is 4.25. The number of tetrazole rings is 1. The van der Waals surface area contributed by atoms with Crippen molar-refractivity contribution < 1.29 is 14.3 Å². The van der Waals surface area contributed by atoms with Crippen molar-refractivity contribution in [1.29, 1.82) is 0 Å². The molecule has 0 bridgehead atoms. The van der Waals surface area contributed by atoms with Crippen LogP contribution in [0.15, 0.2) is 53.7 Å². The molecule has 2 aromatic carbocycles. The largest absolute Gasteiger partial charge is 0.454 e. The summed E-state index contributed by atoms with van der Waals surface area (Å²) in [6.07, 6.45) is 0. The van der Waals surface area contributed by atoms with Crippen molar-refractivity contribution in [3.63, 3.8) is 0 Å². The van der Waals surface area contributed by atoms with Crippen LogP contribution in [0.2, 0.25) is 0 Å². The molecule has 0 aliphatic carbocycles. The molecule has 0 spiro atoms. The molecule has 1 atom stereocenters. The predicted molar refractivity (Wildman–Crippen MR) is 103 cm³/mol. The summed E-state index contributed by atoms with van der Waals surface area (Å²) >= 11 is 1.31. The Morgan fingerprint density at radius 2 is 2.04 bits per heavy atom. The minimum absolute atomic E-state index is 0.0931. The second-order valence-corrected chi connectivity index (χ2v) is 7.24. The molecular formula is C19H19N5O3S. The number of nitrogens with one attached hydrogen (secondary N) is 1. The van der Waals surface area contributed by atoms with Gasteiger partial charge in [-0.3, -0.25) is 4.79 Å².